The summed E-state index contributed by atoms with van der Waals surface area (Å²) >= 11 is 0. The molecule has 2 saturated heterocycles. The standard InChI is InChI=1S/C21H22F3N7O2/c1-11-6-15-9-20(8-11,18-28-27-13(3)33-18)31(15)19(32)25-14-4-5-16(21(22,23)24)17(7-14)30-10-12(2)26-29-30/h4-5,7,10-11,15H,6,8-9H2,1-3H3,(H,25,32)/t11-,15-,20+/m1/s1. The maximum Gasteiger partial charge on any atom is 0.418 e. The van der Waals surface area contributed by atoms with Crippen LogP contribution in [0.25, 0.3) is 5.69 Å². The number of piperidine rings is 1. The van der Waals surface area contributed by atoms with Crippen molar-refractivity contribution < 1.29 is 22.4 Å². The van der Waals surface area contributed by atoms with Crippen LogP contribution in [0, 0.1) is 19.8 Å². The van der Waals surface area contributed by atoms with Crippen molar-refractivity contribution in [3.05, 3.63) is 47.4 Å². The Bertz CT molecular complexity index is 1220. The summed E-state index contributed by atoms with van der Waals surface area (Å²) in [5.41, 5.74) is -1.12. The Labute approximate surface area is 187 Å². The molecule has 0 unspecified atom stereocenters. The molecular weight excluding hydrogens is 439 g/mol. The summed E-state index contributed by atoms with van der Waals surface area (Å²) < 4.78 is 47.5. The lowest BCUT2D eigenvalue weighted by molar-refractivity contribution is -0.137. The van der Waals surface area contributed by atoms with Crippen LogP contribution in [-0.2, 0) is 11.7 Å². The largest absolute Gasteiger partial charge is 0.423 e. The molecule has 2 aromatic heterocycles. The lowest BCUT2D eigenvalue weighted by Gasteiger charge is -2.61. The maximum absolute atomic E-state index is 13.6. The van der Waals surface area contributed by atoms with Gasteiger partial charge in [0, 0.05) is 25.1 Å². The van der Waals surface area contributed by atoms with Crippen LogP contribution in [0.2, 0.25) is 0 Å². The van der Waals surface area contributed by atoms with Gasteiger partial charge in [-0.25, -0.2) is 9.48 Å². The van der Waals surface area contributed by atoms with Gasteiger partial charge in [-0.15, -0.1) is 15.3 Å². The van der Waals surface area contributed by atoms with Crippen molar-refractivity contribution in [3.63, 3.8) is 0 Å². The average Bonchev–Trinajstić information content (AvgIpc) is 3.35. The van der Waals surface area contributed by atoms with E-state index in [1.54, 1.807) is 18.7 Å². The number of halogens is 3. The highest BCUT2D eigenvalue weighted by Gasteiger charge is 2.62. The third kappa shape index (κ3) is 3.53. The third-order valence-electron chi connectivity index (χ3n) is 6.31. The Morgan fingerprint density at radius 2 is 2.00 bits per heavy atom. The molecule has 2 bridgehead atoms. The first-order valence-corrected chi connectivity index (χ1v) is 10.6. The Morgan fingerprint density at radius 1 is 1.21 bits per heavy atom. The van der Waals surface area contributed by atoms with Gasteiger partial charge in [0.2, 0.25) is 11.8 Å². The molecule has 5 rings (SSSR count). The van der Waals surface area contributed by atoms with Crippen LogP contribution in [0.15, 0.2) is 28.8 Å². The fourth-order valence-corrected chi connectivity index (χ4v) is 5.12. The summed E-state index contributed by atoms with van der Waals surface area (Å²) in [6.07, 6.45) is -0.983. The van der Waals surface area contributed by atoms with Crippen LogP contribution >= 0.6 is 0 Å². The summed E-state index contributed by atoms with van der Waals surface area (Å²) in [5, 5.41) is 18.4. The highest BCUT2D eigenvalue weighted by atomic mass is 19.4. The number of rotatable bonds is 3. The highest BCUT2D eigenvalue weighted by Crippen LogP contribution is 2.55. The number of aryl methyl sites for hydroxylation is 2. The smallest absolute Gasteiger partial charge is 0.418 e. The van der Waals surface area contributed by atoms with Crippen molar-refractivity contribution in [1.82, 2.24) is 30.1 Å². The summed E-state index contributed by atoms with van der Waals surface area (Å²) in [5.74, 6) is 1.18. The number of urea groups is 1. The van der Waals surface area contributed by atoms with E-state index in [2.05, 4.69) is 32.7 Å². The molecule has 0 radical (unpaired) electrons. The first kappa shape index (κ1) is 21.4. The number of carbonyl (C=O) groups excluding carboxylic acids is 1. The van der Waals surface area contributed by atoms with Crippen LogP contribution < -0.4 is 5.32 Å². The number of hydrogen-bond donors (Lipinski definition) is 1. The number of fused-ring (bicyclic) bond motifs is 2. The summed E-state index contributed by atoms with van der Waals surface area (Å²) in [6, 6.07) is 2.98. The minimum atomic E-state index is -4.60. The predicted molar refractivity (Wildman–Crippen MR) is 109 cm³/mol. The van der Waals surface area contributed by atoms with Gasteiger partial charge in [-0.2, -0.15) is 13.2 Å². The molecule has 1 N–H and O–H groups in total. The molecular formula is C21H22F3N7O2. The van der Waals surface area contributed by atoms with E-state index in [-0.39, 0.29) is 17.4 Å². The SMILES string of the molecule is Cc1cn(-c2cc(NC(=O)N3[C@@H]4C[C@@H](C)C[C@@]3(c3nnc(C)o3)C4)ccc2C(F)(F)F)nn1. The Hall–Kier alpha value is -3.44. The lowest BCUT2D eigenvalue weighted by atomic mass is 9.64. The first-order valence-electron chi connectivity index (χ1n) is 10.6. The van der Waals surface area contributed by atoms with Gasteiger partial charge in [-0.1, -0.05) is 12.1 Å². The number of aromatic nitrogens is 5. The maximum atomic E-state index is 13.6. The molecule has 4 heterocycles. The molecule has 2 aliphatic heterocycles. The van der Waals surface area contributed by atoms with Crippen molar-refractivity contribution in [1.29, 1.82) is 0 Å². The molecule has 0 saturated carbocycles. The van der Waals surface area contributed by atoms with E-state index in [0.29, 0.717) is 36.2 Å². The Morgan fingerprint density at radius 3 is 2.64 bits per heavy atom. The van der Waals surface area contributed by atoms with Gasteiger partial charge in [-0.3, -0.25) is 0 Å². The van der Waals surface area contributed by atoms with Gasteiger partial charge < -0.3 is 14.6 Å². The summed E-state index contributed by atoms with van der Waals surface area (Å²) in [6.45, 7) is 5.43. The van der Waals surface area contributed by atoms with Gasteiger partial charge in [0.05, 0.1) is 23.1 Å². The molecule has 3 aromatic rings. The van der Waals surface area contributed by atoms with Gasteiger partial charge in [0.15, 0.2) is 0 Å². The lowest BCUT2D eigenvalue weighted by Crippen LogP contribution is -2.70. The van der Waals surface area contributed by atoms with E-state index in [1.165, 1.54) is 18.3 Å². The van der Waals surface area contributed by atoms with Crippen molar-refractivity contribution in [2.45, 2.75) is 57.8 Å². The molecule has 2 aliphatic rings. The molecule has 0 aliphatic carbocycles. The molecule has 12 heteroatoms. The zero-order valence-corrected chi connectivity index (χ0v) is 18.2. The summed E-state index contributed by atoms with van der Waals surface area (Å²) in [4.78, 5) is 15.0. The minimum absolute atomic E-state index is 0.00663. The zero-order valence-electron chi connectivity index (χ0n) is 18.2. The number of alkyl halides is 3. The third-order valence-corrected chi connectivity index (χ3v) is 6.31. The minimum Gasteiger partial charge on any atom is -0.423 e. The second-order valence-corrected chi connectivity index (χ2v) is 8.90. The van der Waals surface area contributed by atoms with Crippen molar-refractivity contribution >= 4 is 11.7 Å². The number of nitrogens with one attached hydrogen (secondary N) is 1. The van der Waals surface area contributed by atoms with E-state index in [0.717, 1.165) is 17.2 Å². The molecule has 0 spiro atoms. The number of amides is 2. The van der Waals surface area contributed by atoms with Crippen LogP contribution in [0.5, 0.6) is 0 Å². The predicted octanol–water partition coefficient (Wildman–Crippen LogP) is 4.22. The topological polar surface area (TPSA) is 102 Å². The number of hydrogen-bond acceptors (Lipinski definition) is 6. The quantitative estimate of drug-likeness (QED) is 0.627. The van der Waals surface area contributed by atoms with Crippen molar-refractivity contribution in [2.75, 3.05) is 5.32 Å². The molecule has 3 atom stereocenters. The number of benzene rings is 1. The second kappa shape index (κ2) is 7.29. The highest BCUT2D eigenvalue weighted by molar-refractivity contribution is 5.91. The van der Waals surface area contributed by atoms with Crippen LogP contribution in [0.4, 0.5) is 23.7 Å². The van der Waals surface area contributed by atoms with E-state index in [1.807, 2.05) is 0 Å². The normalized spacial score (nSPS) is 24.5. The fraction of sp³-hybridized carbons (Fsp3) is 0.476. The second-order valence-electron chi connectivity index (χ2n) is 8.90. The van der Waals surface area contributed by atoms with Crippen LogP contribution in [0.3, 0.4) is 0 Å². The van der Waals surface area contributed by atoms with E-state index in [9.17, 15) is 18.0 Å². The van der Waals surface area contributed by atoms with E-state index in [4.69, 9.17) is 4.42 Å². The number of carbonyl (C=O) groups is 1. The van der Waals surface area contributed by atoms with Gasteiger partial charge in [0.25, 0.3) is 0 Å². The molecule has 174 valence electrons. The van der Waals surface area contributed by atoms with Gasteiger partial charge >= 0.3 is 12.2 Å². The van der Waals surface area contributed by atoms with E-state index < -0.39 is 23.3 Å². The monoisotopic (exact) mass is 461 g/mol. The Balaban J connectivity index is 1.46. The van der Waals surface area contributed by atoms with Gasteiger partial charge in [-0.05, 0) is 43.9 Å². The average molecular weight is 461 g/mol. The van der Waals surface area contributed by atoms with Crippen LogP contribution in [-0.4, -0.2) is 42.2 Å². The first-order chi connectivity index (χ1) is 15.6. The van der Waals surface area contributed by atoms with E-state index >= 15 is 0 Å². The molecule has 9 nitrogen and oxygen atoms in total. The summed E-state index contributed by atoms with van der Waals surface area (Å²) in [7, 11) is 0. The van der Waals surface area contributed by atoms with Crippen molar-refractivity contribution in [3.8, 4) is 5.69 Å². The molecule has 1 aromatic carbocycles. The van der Waals surface area contributed by atoms with Crippen LogP contribution in [0.1, 0.15) is 49.2 Å². The molecule has 2 fully saturated rings. The zero-order chi connectivity index (χ0) is 23.5. The molecule has 33 heavy (non-hydrogen) atoms. The Kier molecular flexibility index (Phi) is 4.73. The molecule has 2 amide bonds. The fourth-order valence-electron chi connectivity index (χ4n) is 5.12. The van der Waals surface area contributed by atoms with Gasteiger partial charge in [0.1, 0.15) is 5.54 Å². The van der Waals surface area contributed by atoms with Crippen molar-refractivity contribution in [2.24, 2.45) is 5.92 Å². The number of anilines is 1. The number of nitrogens with zero attached hydrogens (tertiary/aromatic N) is 6.